The largest absolute Gasteiger partial charge is 0.458 e. The molecule has 6 aliphatic carbocycles. The monoisotopic (exact) mass is 312 g/mol. The lowest BCUT2D eigenvalue weighted by Gasteiger charge is -2.89. The fourth-order valence-corrected chi connectivity index (χ4v) is 8.60. The quantitative estimate of drug-likeness (QED) is 0.534. The van der Waals surface area contributed by atoms with Crippen LogP contribution in [0.2, 0.25) is 0 Å². The van der Waals surface area contributed by atoms with E-state index in [-0.39, 0.29) is 15.9 Å². The molecule has 0 amide bonds. The maximum atomic E-state index is 11.3. The molecule has 6 saturated carbocycles. The number of hydrogen-bond donors (Lipinski definition) is 0. The summed E-state index contributed by atoms with van der Waals surface area (Å²) in [5.41, 5.74) is -0.109. The summed E-state index contributed by atoms with van der Waals surface area (Å²) in [6.45, 7) is 2.93. The summed E-state index contributed by atoms with van der Waals surface area (Å²) in [7, 11) is 0. The van der Waals surface area contributed by atoms with E-state index in [1.54, 1.807) is 0 Å². The van der Waals surface area contributed by atoms with Gasteiger partial charge in [0.05, 0.1) is 17.5 Å². The molecule has 1 heterocycles. The Morgan fingerprint density at radius 2 is 1.67 bits per heavy atom. The highest BCUT2D eigenvalue weighted by Crippen LogP contribution is 3.02. The predicted octanol–water partition coefficient (Wildman–Crippen LogP) is 0.930. The second-order valence-corrected chi connectivity index (χ2v) is 8.05. The van der Waals surface area contributed by atoms with Crippen LogP contribution in [-0.4, -0.2) is 34.9 Å². The molecule has 1 aliphatic heterocycles. The fourth-order valence-electron chi connectivity index (χ4n) is 6.97. The van der Waals surface area contributed by atoms with Gasteiger partial charge >= 0.3 is 5.97 Å². The molecule has 2 bridgehead atoms. The molecule has 7 rings (SSSR count). The van der Waals surface area contributed by atoms with Crippen LogP contribution in [0.15, 0.2) is 0 Å². The second kappa shape index (κ2) is 2.21. The van der Waals surface area contributed by atoms with Gasteiger partial charge in [-0.05, 0) is 11.8 Å². The van der Waals surface area contributed by atoms with Crippen molar-refractivity contribution >= 4 is 21.9 Å². The number of hydrogen-bond acceptors (Lipinski definition) is 4. The van der Waals surface area contributed by atoms with Crippen LogP contribution >= 0.6 is 15.9 Å². The highest BCUT2D eigenvalue weighted by atomic mass is 79.9. The van der Waals surface area contributed by atoms with Crippen LogP contribution in [0, 0.1) is 35.5 Å². The predicted molar refractivity (Wildman–Crippen MR) is 61.7 cm³/mol. The first kappa shape index (κ1) is 9.72. The maximum absolute atomic E-state index is 11.3. The molecule has 4 atom stereocenters. The van der Waals surface area contributed by atoms with Gasteiger partial charge in [0.15, 0.2) is 5.79 Å². The van der Waals surface area contributed by atoms with Crippen molar-refractivity contribution in [3.8, 4) is 0 Å². The van der Waals surface area contributed by atoms with Crippen molar-refractivity contribution in [2.24, 2.45) is 35.5 Å². The lowest BCUT2D eigenvalue weighted by molar-refractivity contribution is -0.459. The van der Waals surface area contributed by atoms with Crippen LogP contribution in [0.3, 0.4) is 0 Å². The molecular weight excluding hydrogens is 300 g/mol. The Hall–Kier alpha value is -0.130. The summed E-state index contributed by atoms with van der Waals surface area (Å²) < 4.78 is 17.8. The zero-order valence-electron chi connectivity index (χ0n) is 9.89. The molecule has 18 heavy (non-hydrogen) atoms. The zero-order chi connectivity index (χ0) is 12.1. The average molecular weight is 313 g/mol. The minimum atomic E-state index is -0.395. The standard InChI is InChI=1S/C13H13BrO4/c1-4(15)18-11-5-8-6(11)10-7(11)9(5)12(8,14)13(10)16-2-3-17-13/h5-10H,2-3H2,1H3. The summed E-state index contributed by atoms with van der Waals surface area (Å²) in [5.74, 6) is 2.70. The van der Waals surface area contributed by atoms with Crippen LogP contribution in [-0.2, 0) is 19.0 Å². The summed E-state index contributed by atoms with van der Waals surface area (Å²) in [5, 5.41) is 0. The molecule has 0 radical (unpaired) electrons. The summed E-state index contributed by atoms with van der Waals surface area (Å²) in [6, 6.07) is 0. The van der Waals surface area contributed by atoms with Gasteiger partial charge < -0.3 is 14.2 Å². The van der Waals surface area contributed by atoms with Gasteiger partial charge in [-0.1, -0.05) is 15.9 Å². The first-order chi connectivity index (χ1) is 8.61. The Morgan fingerprint density at radius 3 is 2.22 bits per heavy atom. The minimum absolute atomic E-state index is 0.0308. The van der Waals surface area contributed by atoms with Crippen molar-refractivity contribution in [1.82, 2.24) is 0 Å². The lowest BCUT2D eigenvalue weighted by atomic mass is 9.17. The molecule has 4 nitrogen and oxygen atoms in total. The number of ether oxygens (including phenoxy) is 3. The second-order valence-electron chi connectivity index (χ2n) is 6.73. The third-order valence-electron chi connectivity index (χ3n) is 6.86. The molecule has 0 aromatic heterocycles. The van der Waals surface area contributed by atoms with Gasteiger partial charge in [0, 0.05) is 30.6 Å². The van der Waals surface area contributed by atoms with E-state index in [9.17, 15) is 4.79 Å². The first-order valence-electron chi connectivity index (χ1n) is 6.77. The summed E-state index contributed by atoms with van der Waals surface area (Å²) in [6.07, 6.45) is 0. The molecule has 1 saturated heterocycles. The van der Waals surface area contributed by atoms with Gasteiger partial charge in [-0.3, -0.25) is 4.79 Å². The van der Waals surface area contributed by atoms with Crippen molar-refractivity contribution in [3.63, 3.8) is 0 Å². The van der Waals surface area contributed by atoms with E-state index in [4.69, 9.17) is 14.2 Å². The molecule has 7 fully saturated rings. The number of esters is 1. The van der Waals surface area contributed by atoms with E-state index in [1.807, 2.05) is 0 Å². The van der Waals surface area contributed by atoms with E-state index in [2.05, 4.69) is 15.9 Å². The van der Waals surface area contributed by atoms with E-state index >= 15 is 0 Å². The summed E-state index contributed by atoms with van der Waals surface area (Å²) >= 11 is 3.97. The Labute approximate surface area is 112 Å². The van der Waals surface area contributed by atoms with Crippen LogP contribution < -0.4 is 0 Å². The third kappa shape index (κ3) is 0.511. The molecule has 4 unspecified atom stereocenters. The zero-order valence-corrected chi connectivity index (χ0v) is 11.5. The molecule has 0 aromatic carbocycles. The lowest BCUT2D eigenvalue weighted by Crippen LogP contribution is -2.96. The van der Waals surface area contributed by atoms with Crippen molar-refractivity contribution in [3.05, 3.63) is 0 Å². The van der Waals surface area contributed by atoms with Crippen LogP contribution in [0.5, 0.6) is 0 Å². The number of halogens is 1. The molecular formula is C13H13BrO4. The Balaban J connectivity index is 1.49. The Kier molecular flexibility index (Phi) is 1.19. The molecule has 5 heteroatoms. The minimum Gasteiger partial charge on any atom is -0.458 e. The molecule has 96 valence electrons. The highest BCUT2D eigenvalue weighted by Gasteiger charge is 3.10. The maximum Gasteiger partial charge on any atom is 0.303 e. The smallest absolute Gasteiger partial charge is 0.303 e. The van der Waals surface area contributed by atoms with Crippen molar-refractivity contribution < 1.29 is 19.0 Å². The van der Waals surface area contributed by atoms with Gasteiger partial charge in [0.2, 0.25) is 0 Å². The number of alkyl halides is 1. The molecule has 0 N–H and O–H groups in total. The van der Waals surface area contributed by atoms with E-state index in [1.165, 1.54) is 6.92 Å². The first-order valence-corrected chi connectivity index (χ1v) is 7.56. The van der Waals surface area contributed by atoms with Crippen molar-refractivity contribution in [2.75, 3.05) is 13.2 Å². The van der Waals surface area contributed by atoms with Crippen molar-refractivity contribution in [1.29, 1.82) is 0 Å². The molecule has 1 spiro atoms. The van der Waals surface area contributed by atoms with Crippen LogP contribution in [0.25, 0.3) is 0 Å². The number of carbonyl (C=O) groups excluding carboxylic acids is 1. The Morgan fingerprint density at radius 1 is 1.11 bits per heavy atom. The van der Waals surface area contributed by atoms with Gasteiger partial charge in [-0.15, -0.1) is 0 Å². The van der Waals surface area contributed by atoms with Gasteiger partial charge in [-0.2, -0.15) is 0 Å². The topological polar surface area (TPSA) is 44.8 Å². The highest BCUT2D eigenvalue weighted by molar-refractivity contribution is 9.10. The van der Waals surface area contributed by atoms with Crippen LogP contribution in [0.1, 0.15) is 6.92 Å². The van der Waals surface area contributed by atoms with E-state index < -0.39 is 5.79 Å². The van der Waals surface area contributed by atoms with E-state index in [0.717, 1.165) is 0 Å². The van der Waals surface area contributed by atoms with Gasteiger partial charge in [0.25, 0.3) is 0 Å². The van der Waals surface area contributed by atoms with E-state index in [0.29, 0.717) is 48.7 Å². The summed E-state index contributed by atoms with van der Waals surface area (Å²) in [4.78, 5) is 11.3. The SMILES string of the molecule is CC(=O)OC12C3C4C1C1C2C3C1(Br)C41OCCO1. The van der Waals surface area contributed by atoms with Crippen molar-refractivity contribution in [2.45, 2.75) is 22.6 Å². The average Bonchev–Trinajstić information content (AvgIpc) is 2.86. The number of rotatable bonds is 1. The Bertz CT molecular complexity index is 505. The van der Waals surface area contributed by atoms with Gasteiger partial charge in [0.1, 0.15) is 5.60 Å². The normalized spacial score (nSPS) is 69.9. The number of carbonyl (C=O) groups is 1. The fraction of sp³-hybridized carbons (Fsp3) is 0.923. The molecule has 0 aromatic rings. The third-order valence-corrected chi connectivity index (χ3v) is 8.47. The molecule has 7 aliphatic rings. The van der Waals surface area contributed by atoms with Gasteiger partial charge in [-0.25, -0.2) is 0 Å². The van der Waals surface area contributed by atoms with Crippen LogP contribution in [0.4, 0.5) is 0 Å².